The predicted octanol–water partition coefficient (Wildman–Crippen LogP) is 4.00. The summed E-state index contributed by atoms with van der Waals surface area (Å²) in [7, 11) is 1.65. The van der Waals surface area contributed by atoms with Crippen LogP contribution < -0.4 is 9.64 Å². The van der Waals surface area contributed by atoms with Gasteiger partial charge in [0.1, 0.15) is 16.7 Å². The number of carbonyl (C=O) groups excluding carboxylic acids is 1. The van der Waals surface area contributed by atoms with E-state index >= 15 is 0 Å². The van der Waals surface area contributed by atoms with E-state index in [4.69, 9.17) is 16.3 Å². The third-order valence-corrected chi connectivity index (χ3v) is 5.24. The molecule has 0 N–H and O–H groups in total. The van der Waals surface area contributed by atoms with Crippen LogP contribution in [0.5, 0.6) is 5.75 Å². The number of nitrogens with zero attached hydrogens (tertiary/aromatic N) is 3. The predicted molar refractivity (Wildman–Crippen MR) is 108 cm³/mol. The molecule has 0 unspecified atom stereocenters. The number of piperazine rings is 1. The molecule has 1 fully saturated rings. The Morgan fingerprint density at radius 1 is 1.11 bits per heavy atom. The third kappa shape index (κ3) is 3.47. The minimum atomic E-state index is -0.386. The monoisotopic (exact) mass is 399 g/mol. The number of aromatic nitrogens is 1. The minimum absolute atomic E-state index is 0.0928. The third-order valence-electron chi connectivity index (χ3n) is 4.96. The van der Waals surface area contributed by atoms with Crippen molar-refractivity contribution in [3.05, 3.63) is 65.1 Å². The SMILES string of the molecule is COc1ccccc1N1CCN(C(=O)c2cc3ccc(F)cc3nc2Cl)CC1. The maximum absolute atomic E-state index is 13.4. The fraction of sp³-hybridized carbons (Fsp3) is 0.238. The molecule has 7 heteroatoms. The van der Waals surface area contributed by atoms with E-state index in [0.29, 0.717) is 42.6 Å². The van der Waals surface area contributed by atoms with E-state index in [-0.39, 0.29) is 16.9 Å². The van der Waals surface area contributed by atoms with E-state index < -0.39 is 0 Å². The highest BCUT2D eigenvalue weighted by Crippen LogP contribution is 2.29. The Hall–Kier alpha value is -2.86. The smallest absolute Gasteiger partial charge is 0.257 e. The van der Waals surface area contributed by atoms with Crippen molar-refractivity contribution in [2.75, 3.05) is 38.2 Å². The molecule has 0 atom stereocenters. The molecule has 0 saturated carbocycles. The quantitative estimate of drug-likeness (QED) is 0.624. The normalized spacial score (nSPS) is 14.4. The van der Waals surface area contributed by atoms with E-state index in [1.54, 1.807) is 24.1 Å². The van der Waals surface area contributed by atoms with Gasteiger partial charge in [-0.05, 0) is 30.3 Å². The van der Waals surface area contributed by atoms with Gasteiger partial charge >= 0.3 is 0 Å². The second kappa shape index (κ2) is 7.64. The number of pyridine rings is 1. The summed E-state index contributed by atoms with van der Waals surface area (Å²) in [4.78, 5) is 21.1. The highest BCUT2D eigenvalue weighted by molar-refractivity contribution is 6.33. The number of fused-ring (bicyclic) bond motifs is 1. The Kier molecular flexibility index (Phi) is 5.05. The number of hydrogen-bond acceptors (Lipinski definition) is 4. The molecule has 0 bridgehead atoms. The fourth-order valence-corrected chi connectivity index (χ4v) is 3.70. The van der Waals surface area contributed by atoms with Crippen molar-refractivity contribution < 1.29 is 13.9 Å². The zero-order valence-electron chi connectivity index (χ0n) is 15.4. The first-order valence-electron chi connectivity index (χ1n) is 9.00. The van der Waals surface area contributed by atoms with Gasteiger partial charge in [0.15, 0.2) is 0 Å². The zero-order chi connectivity index (χ0) is 19.7. The van der Waals surface area contributed by atoms with Crippen LogP contribution in [-0.4, -0.2) is 49.1 Å². The van der Waals surface area contributed by atoms with E-state index in [0.717, 1.165) is 11.4 Å². The molecule has 4 rings (SSSR count). The maximum Gasteiger partial charge on any atom is 0.257 e. The van der Waals surface area contributed by atoms with Gasteiger partial charge in [-0.2, -0.15) is 0 Å². The van der Waals surface area contributed by atoms with Crippen molar-refractivity contribution in [1.82, 2.24) is 9.88 Å². The number of carbonyl (C=O) groups is 1. The Labute approximate surface area is 167 Å². The average molecular weight is 400 g/mol. The molecule has 1 amide bonds. The number of halogens is 2. The first-order chi connectivity index (χ1) is 13.6. The Morgan fingerprint density at radius 2 is 1.86 bits per heavy atom. The molecule has 28 heavy (non-hydrogen) atoms. The summed E-state index contributed by atoms with van der Waals surface area (Å²) in [5.74, 6) is 0.266. The van der Waals surface area contributed by atoms with Crippen molar-refractivity contribution in [2.45, 2.75) is 0 Å². The van der Waals surface area contributed by atoms with Crippen LogP contribution in [0, 0.1) is 5.82 Å². The van der Waals surface area contributed by atoms with Crippen LogP contribution in [-0.2, 0) is 0 Å². The molecule has 0 aliphatic carbocycles. The van der Waals surface area contributed by atoms with E-state index in [1.807, 2.05) is 24.3 Å². The lowest BCUT2D eigenvalue weighted by Gasteiger charge is -2.36. The van der Waals surface area contributed by atoms with Crippen LogP contribution in [0.15, 0.2) is 48.5 Å². The first-order valence-corrected chi connectivity index (χ1v) is 9.37. The minimum Gasteiger partial charge on any atom is -0.495 e. The summed E-state index contributed by atoms with van der Waals surface area (Å²) in [6.45, 7) is 2.51. The van der Waals surface area contributed by atoms with Crippen LogP contribution in [0.25, 0.3) is 10.9 Å². The van der Waals surface area contributed by atoms with Crippen molar-refractivity contribution in [2.24, 2.45) is 0 Å². The molecule has 1 aliphatic rings. The van der Waals surface area contributed by atoms with E-state index in [9.17, 15) is 9.18 Å². The highest BCUT2D eigenvalue weighted by atomic mass is 35.5. The molecule has 1 aromatic heterocycles. The molecule has 1 aliphatic heterocycles. The number of hydrogen-bond donors (Lipinski definition) is 0. The summed E-state index contributed by atoms with van der Waals surface area (Å²) in [6.07, 6.45) is 0. The number of ether oxygens (including phenoxy) is 1. The number of amides is 1. The standard InChI is InChI=1S/C21H19ClFN3O2/c1-28-19-5-3-2-4-18(19)25-8-10-26(11-9-25)21(27)16-12-14-6-7-15(23)13-17(14)24-20(16)22/h2-7,12-13H,8-11H2,1H3. The lowest BCUT2D eigenvalue weighted by molar-refractivity contribution is 0.0746. The molecule has 144 valence electrons. The molecule has 0 radical (unpaired) electrons. The summed E-state index contributed by atoms with van der Waals surface area (Å²) >= 11 is 6.23. The van der Waals surface area contributed by atoms with Gasteiger partial charge in [-0.1, -0.05) is 23.7 Å². The van der Waals surface area contributed by atoms with Gasteiger partial charge in [-0.25, -0.2) is 9.37 Å². The lowest BCUT2D eigenvalue weighted by atomic mass is 10.1. The van der Waals surface area contributed by atoms with Gasteiger partial charge in [0.25, 0.3) is 5.91 Å². The van der Waals surface area contributed by atoms with Crippen LogP contribution in [0.1, 0.15) is 10.4 Å². The van der Waals surface area contributed by atoms with E-state index in [2.05, 4.69) is 9.88 Å². The van der Waals surface area contributed by atoms with Gasteiger partial charge in [0.05, 0.1) is 23.9 Å². The second-order valence-corrected chi connectivity index (χ2v) is 6.97. The lowest BCUT2D eigenvalue weighted by Crippen LogP contribution is -2.49. The first kappa shape index (κ1) is 18.5. The Bertz CT molecular complexity index is 1040. The molecule has 2 heterocycles. The summed E-state index contributed by atoms with van der Waals surface area (Å²) in [6, 6.07) is 13.8. The van der Waals surface area contributed by atoms with Gasteiger partial charge in [-0.3, -0.25) is 4.79 Å². The van der Waals surface area contributed by atoms with Crippen molar-refractivity contribution in [3.63, 3.8) is 0 Å². The van der Waals surface area contributed by atoms with Crippen LogP contribution in [0.4, 0.5) is 10.1 Å². The maximum atomic E-state index is 13.4. The van der Waals surface area contributed by atoms with Crippen molar-refractivity contribution in [3.8, 4) is 5.75 Å². The topological polar surface area (TPSA) is 45.7 Å². The van der Waals surface area contributed by atoms with Crippen LogP contribution in [0.3, 0.4) is 0 Å². The molecule has 5 nitrogen and oxygen atoms in total. The van der Waals surface area contributed by atoms with Gasteiger partial charge < -0.3 is 14.5 Å². The molecular formula is C21H19ClFN3O2. The van der Waals surface area contributed by atoms with Crippen molar-refractivity contribution >= 4 is 34.1 Å². The number of rotatable bonds is 3. The zero-order valence-corrected chi connectivity index (χ0v) is 16.1. The fourth-order valence-electron chi connectivity index (χ4n) is 3.48. The Balaban J connectivity index is 1.52. The highest BCUT2D eigenvalue weighted by Gasteiger charge is 2.25. The molecule has 1 saturated heterocycles. The largest absolute Gasteiger partial charge is 0.495 e. The molecular weight excluding hydrogens is 381 g/mol. The number of benzene rings is 2. The second-order valence-electron chi connectivity index (χ2n) is 6.61. The average Bonchev–Trinajstić information content (AvgIpc) is 2.73. The van der Waals surface area contributed by atoms with Crippen LogP contribution >= 0.6 is 11.6 Å². The number of anilines is 1. The van der Waals surface area contributed by atoms with Crippen molar-refractivity contribution in [1.29, 1.82) is 0 Å². The number of methoxy groups -OCH3 is 1. The van der Waals surface area contributed by atoms with Gasteiger partial charge in [0, 0.05) is 37.6 Å². The summed E-state index contributed by atoms with van der Waals surface area (Å²) in [5.41, 5.74) is 1.79. The summed E-state index contributed by atoms with van der Waals surface area (Å²) in [5, 5.41) is 0.775. The Morgan fingerprint density at radius 3 is 2.61 bits per heavy atom. The molecule has 0 spiro atoms. The van der Waals surface area contributed by atoms with Gasteiger partial charge in [-0.15, -0.1) is 0 Å². The number of para-hydroxylation sites is 2. The van der Waals surface area contributed by atoms with Crippen LogP contribution in [0.2, 0.25) is 5.15 Å². The molecule has 3 aromatic rings. The van der Waals surface area contributed by atoms with Gasteiger partial charge in [0.2, 0.25) is 0 Å². The van der Waals surface area contributed by atoms with E-state index in [1.165, 1.54) is 12.1 Å². The summed E-state index contributed by atoms with van der Waals surface area (Å²) < 4.78 is 18.8. The molecule has 2 aromatic carbocycles.